The molecule has 1 aliphatic heterocycles. The Bertz CT molecular complexity index is 381. The van der Waals surface area contributed by atoms with E-state index in [4.69, 9.17) is 0 Å². The van der Waals surface area contributed by atoms with Crippen LogP contribution in [-0.4, -0.2) is 67.8 Å². The highest BCUT2D eigenvalue weighted by molar-refractivity contribution is 7.91. The maximum absolute atomic E-state index is 11.5. The predicted octanol–water partition coefficient (Wildman–Crippen LogP) is 0.000000000000000666. The summed E-state index contributed by atoms with van der Waals surface area (Å²) in [5.74, 6) is 0.577. The lowest BCUT2D eigenvalue weighted by molar-refractivity contribution is 0.0638. The van der Waals surface area contributed by atoms with E-state index in [1.165, 1.54) is 0 Å². The Morgan fingerprint density at radius 3 is 2.63 bits per heavy atom. The summed E-state index contributed by atoms with van der Waals surface area (Å²) in [6, 6.07) is 0.412. The highest BCUT2D eigenvalue weighted by Crippen LogP contribution is 2.31. The summed E-state index contributed by atoms with van der Waals surface area (Å²) < 4.78 is 23.0. The SMILES string of the molecule is CCNC1(CO)CCCC(N2CCS(=O)(=O)CC2)C1. The molecule has 2 aliphatic rings. The first-order chi connectivity index (χ1) is 9.00. The Morgan fingerprint density at radius 1 is 1.37 bits per heavy atom. The molecular weight excluding hydrogens is 264 g/mol. The van der Waals surface area contributed by atoms with Crippen molar-refractivity contribution in [1.29, 1.82) is 0 Å². The van der Waals surface area contributed by atoms with E-state index in [-0.39, 0.29) is 23.7 Å². The molecule has 0 amide bonds. The molecule has 0 spiro atoms. The lowest BCUT2D eigenvalue weighted by Crippen LogP contribution is -2.57. The van der Waals surface area contributed by atoms with E-state index in [9.17, 15) is 13.5 Å². The second-order valence-corrected chi connectivity index (χ2v) is 8.21. The summed E-state index contributed by atoms with van der Waals surface area (Å²) in [6.45, 7) is 4.40. The van der Waals surface area contributed by atoms with Crippen LogP contribution < -0.4 is 5.32 Å². The van der Waals surface area contributed by atoms with Crippen LogP contribution in [-0.2, 0) is 9.84 Å². The smallest absolute Gasteiger partial charge is 0.152 e. The molecule has 0 aromatic rings. The van der Waals surface area contributed by atoms with Crippen molar-refractivity contribution in [3.05, 3.63) is 0 Å². The molecule has 1 saturated carbocycles. The summed E-state index contributed by atoms with van der Waals surface area (Å²) in [4.78, 5) is 2.31. The molecule has 2 atom stereocenters. The number of likely N-dealkylation sites (N-methyl/N-ethyl adjacent to an activating group) is 1. The molecule has 0 radical (unpaired) electrons. The summed E-state index contributed by atoms with van der Waals surface area (Å²) >= 11 is 0. The van der Waals surface area contributed by atoms with E-state index in [2.05, 4.69) is 17.1 Å². The second-order valence-electron chi connectivity index (χ2n) is 5.91. The van der Waals surface area contributed by atoms with E-state index in [0.717, 1.165) is 32.2 Å². The van der Waals surface area contributed by atoms with Gasteiger partial charge in [-0.15, -0.1) is 0 Å². The largest absolute Gasteiger partial charge is 0.394 e. The fourth-order valence-corrected chi connectivity index (χ4v) is 4.70. The third-order valence-corrected chi connectivity index (χ3v) is 6.18. The number of hydrogen-bond donors (Lipinski definition) is 2. The van der Waals surface area contributed by atoms with Gasteiger partial charge in [-0.05, 0) is 32.2 Å². The zero-order valence-electron chi connectivity index (χ0n) is 11.8. The molecular formula is C13H26N2O3S. The molecule has 0 aromatic heterocycles. The monoisotopic (exact) mass is 290 g/mol. The van der Waals surface area contributed by atoms with Gasteiger partial charge in [0, 0.05) is 24.7 Å². The number of sulfone groups is 1. The average Bonchev–Trinajstić information content (AvgIpc) is 2.39. The van der Waals surface area contributed by atoms with Crippen LogP contribution in [0.5, 0.6) is 0 Å². The maximum atomic E-state index is 11.5. The zero-order chi connectivity index (χ0) is 13.9. The predicted molar refractivity (Wildman–Crippen MR) is 76.0 cm³/mol. The van der Waals surface area contributed by atoms with Crippen molar-refractivity contribution in [2.75, 3.05) is 37.7 Å². The Labute approximate surface area is 116 Å². The molecule has 1 heterocycles. The molecule has 1 saturated heterocycles. The first-order valence-corrected chi connectivity index (χ1v) is 9.13. The second kappa shape index (κ2) is 6.08. The van der Waals surface area contributed by atoms with Crippen molar-refractivity contribution in [3.63, 3.8) is 0 Å². The lowest BCUT2D eigenvalue weighted by Gasteiger charge is -2.45. The first kappa shape index (κ1) is 15.2. The fraction of sp³-hybridized carbons (Fsp3) is 1.00. The molecule has 2 unspecified atom stereocenters. The summed E-state index contributed by atoms with van der Waals surface area (Å²) in [7, 11) is -2.81. The van der Waals surface area contributed by atoms with Gasteiger partial charge in [-0.1, -0.05) is 6.92 Å². The minimum atomic E-state index is -2.81. The molecule has 0 bridgehead atoms. The van der Waals surface area contributed by atoms with Crippen molar-refractivity contribution in [3.8, 4) is 0 Å². The zero-order valence-corrected chi connectivity index (χ0v) is 12.6. The summed E-state index contributed by atoms with van der Waals surface area (Å²) in [5.41, 5.74) is -0.159. The third-order valence-electron chi connectivity index (χ3n) is 4.57. The topological polar surface area (TPSA) is 69.6 Å². The van der Waals surface area contributed by atoms with Crippen molar-refractivity contribution in [2.45, 2.75) is 44.2 Å². The van der Waals surface area contributed by atoms with Crippen LogP contribution in [0.4, 0.5) is 0 Å². The normalized spacial score (nSPS) is 36.2. The molecule has 0 aromatic carbocycles. The van der Waals surface area contributed by atoms with Gasteiger partial charge < -0.3 is 10.4 Å². The number of nitrogens with zero attached hydrogens (tertiary/aromatic N) is 1. The molecule has 1 aliphatic carbocycles. The minimum absolute atomic E-state index is 0.159. The number of aliphatic hydroxyl groups is 1. The van der Waals surface area contributed by atoms with Crippen LogP contribution in [0.2, 0.25) is 0 Å². The van der Waals surface area contributed by atoms with Gasteiger partial charge in [0.15, 0.2) is 9.84 Å². The molecule has 2 N–H and O–H groups in total. The quantitative estimate of drug-likeness (QED) is 0.763. The van der Waals surface area contributed by atoms with E-state index in [1.54, 1.807) is 0 Å². The molecule has 19 heavy (non-hydrogen) atoms. The van der Waals surface area contributed by atoms with Gasteiger partial charge in [-0.2, -0.15) is 0 Å². The molecule has 5 nitrogen and oxygen atoms in total. The van der Waals surface area contributed by atoms with Crippen molar-refractivity contribution in [2.24, 2.45) is 0 Å². The highest BCUT2D eigenvalue weighted by atomic mass is 32.2. The summed E-state index contributed by atoms with van der Waals surface area (Å²) in [6.07, 6.45) is 4.16. The van der Waals surface area contributed by atoms with Gasteiger partial charge in [-0.25, -0.2) is 8.42 Å². The number of aliphatic hydroxyl groups excluding tert-OH is 1. The lowest BCUT2D eigenvalue weighted by atomic mass is 9.78. The van der Waals surface area contributed by atoms with Gasteiger partial charge in [0.25, 0.3) is 0 Å². The maximum Gasteiger partial charge on any atom is 0.152 e. The van der Waals surface area contributed by atoms with E-state index in [1.807, 2.05) is 0 Å². The van der Waals surface area contributed by atoms with Crippen molar-refractivity contribution < 1.29 is 13.5 Å². The molecule has 112 valence electrons. The van der Waals surface area contributed by atoms with Gasteiger partial charge in [0.1, 0.15) is 0 Å². The van der Waals surface area contributed by atoms with E-state index < -0.39 is 9.84 Å². The Kier molecular flexibility index (Phi) is 4.87. The van der Waals surface area contributed by atoms with Gasteiger partial charge in [0.2, 0.25) is 0 Å². The molecule has 6 heteroatoms. The van der Waals surface area contributed by atoms with Crippen molar-refractivity contribution >= 4 is 9.84 Å². The third kappa shape index (κ3) is 3.68. The first-order valence-electron chi connectivity index (χ1n) is 7.31. The molecule has 2 fully saturated rings. The average molecular weight is 290 g/mol. The van der Waals surface area contributed by atoms with Crippen LogP contribution in [0.15, 0.2) is 0 Å². The van der Waals surface area contributed by atoms with Crippen LogP contribution in [0.25, 0.3) is 0 Å². The Balaban J connectivity index is 1.97. The van der Waals surface area contributed by atoms with Gasteiger partial charge in [0.05, 0.1) is 18.1 Å². The Hall–Kier alpha value is -0.170. The van der Waals surface area contributed by atoms with E-state index in [0.29, 0.717) is 19.1 Å². The number of rotatable bonds is 4. The van der Waals surface area contributed by atoms with Crippen LogP contribution >= 0.6 is 0 Å². The van der Waals surface area contributed by atoms with Gasteiger partial charge >= 0.3 is 0 Å². The van der Waals surface area contributed by atoms with Crippen LogP contribution in [0, 0.1) is 0 Å². The Morgan fingerprint density at radius 2 is 2.05 bits per heavy atom. The van der Waals surface area contributed by atoms with Gasteiger partial charge in [-0.3, -0.25) is 4.90 Å². The number of nitrogens with one attached hydrogen (secondary N) is 1. The summed E-state index contributed by atoms with van der Waals surface area (Å²) in [5, 5.41) is 13.1. The van der Waals surface area contributed by atoms with Crippen LogP contribution in [0.1, 0.15) is 32.6 Å². The minimum Gasteiger partial charge on any atom is -0.394 e. The highest BCUT2D eigenvalue weighted by Gasteiger charge is 2.38. The number of hydrogen-bond acceptors (Lipinski definition) is 5. The van der Waals surface area contributed by atoms with Crippen LogP contribution in [0.3, 0.4) is 0 Å². The van der Waals surface area contributed by atoms with E-state index >= 15 is 0 Å². The fourth-order valence-electron chi connectivity index (χ4n) is 3.47. The standard InChI is InChI=1S/C13H26N2O3S/c1-2-14-13(11-16)5-3-4-12(10-13)15-6-8-19(17,18)9-7-15/h12,14,16H,2-11H2,1H3. The van der Waals surface area contributed by atoms with Crippen molar-refractivity contribution in [1.82, 2.24) is 10.2 Å². The molecule has 2 rings (SSSR count).